The molecule has 0 spiro atoms. The Bertz CT molecular complexity index is 506. The molecule has 0 bridgehead atoms. The van der Waals surface area contributed by atoms with Gasteiger partial charge < -0.3 is 14.6 Å². The lowest BCUT2D eigenvalue weighted by Gasteiger charge is -2.22. The van der Waals surface area contributed by atoms with Crippen LogP contribution in [-0.4, -0.2) is 29.7 Å². The van der Waals surface area contributed by atoms with Crippen LogP contribution in [0.2, 0.25) is 0 Å². The molecule has 6 nitrogen and oxygen atoms in total. The lowest BCUT2D eigenvalue weighted by molar-refractivity contribution is -0.125. The number of nitrogens with one attached hydrogen (secondary N) is 1. The van der Waals surface area contributed by atoms with Crippen molar-refractivity contribution in [3.05, 3.63) is 17.5 Å². The van der Waals surface area contributed by atoms with Gasteiger partial charge in [0.25, 0.3) is 5.91 Å². The number of amides is 1. The van der Waals surface area contributed by atoms with Crippen molar-refractivity contribution in [2.45, 2.75) is 64.3 Å². The number of hydrogen-bond donors (Lipinski definition) is 1. The monoisotopic (exact) mass is 308 g/mol. The maximum absolute atomic E-state index is 11.8. The Balaban J connectivity index is 1.76. The summed E-state index contributed by atoms with van der Waals surface area (Å²) in [6.45, 7) is 3.76. The fourth-order valence-corrected chi connectivity index (χ4v) is 2.54. The summed E-state index contributed by atoms with van der Waals surface area (Å²) in [5, 5.41) is 6.75. The first-order valence-electron chi connectivity index (χ1n) is 8.03. The number of esters is 1. The molecule has 1 aliphatic rings. The summed E-state index contributed by atoms with van der Waals surface area (Å²) in [6, 6.07) is 1.79. The highest BCUT2D eigenvalue weighted by Gasteiger charge is 2.20. The highest BCUT2D eigenvalue weighted by atomic mass is 16.6. The molecule has 0 aromatic carbocycles. The molecule has 1 heterocycles. The van der Waals surface area contributed by atoms with Gasteiger partial charge in [0.2, 0.25) is 5.76 Å². The third-order valence-corrected chi connectivity index (χ3v) is 4.15. The summed E-state index contributed by atoms with van der Waals surface area (Å²) in [6.07, 6.45) is 6.42. The smallest absolute Gasteiger partial charge is 0.377 e. The molecule has 2 rings (SSSR count). The minimum Gasteiger partial charge on any atom is -0.450 e. The van der Waals surface area contributed by atoms with Gasteiger partial charge >= 0.3 is 5.97 Å². The second kappa shape index (κ2) is 7.96. The van der Waals surface area contributed by atoms with Gasteiger partial charge in [-0.3, -0.25) is 4.79 Å². The number of aromatic nitrogens is 1. The molecule has 0 unspecified atom stereocenters. The topological polar surface area (TPSA) is 81.4 Å². The van der Waals surface area contributed by atoms with Crippen molar-refractivity contribution in [3.8, 4) is 0 Å². The molecule has 1 atom stereocenters. The number of carbonyl (C=O) groups is 2. The minimum atomic E-state index is -0.652. The van der Waals surface area contributed by atoms with Crippen molar-refractivity contribution >= 4 is 11.9 Å². The van der Waals surface area contributed by atoms with E-state index in [1.807, 2.05) is 13.8 Å². The van der Waals surface area contributed by atoms with Crippen molar-refractivity contribution in [1.82, 2.24) is 10.5 Å². The summed E-state index contributed by atoms with van der Waals surface area (Å²) < 4.78 is 9.95. The summed E-state index contributed by atoms with van der Waals surface area (Å²) >= 11 is 0. The zero-order chi connectivity index (χ0) is 15.9. The van der Waals surface area contributed by atoms with E-state index in [9.17, 15) is 9.59 Å². The van der Waals surface area contributed by atoms with Crippen LogP contribution in [0.15, 0.2) is 10.6 Å². The second-order valence-electron chi connectivity index (χ2n) is 5.90. The Morgan fingerprint density at radius 2 is 2.14 bits per heavy atom. The van der Waals surface area contributed by atoms with Gasteiger partial charge in [0.1, 0.15) is 0 Å². The highest BCUT2D eigenvalue weighted by Crippen LogP contribution is 2.19. The maximum Gasteiger partial charge on any atom is 0.377 e. The lowest BCUT2D eigenvalue weighted by Crippen LogP contribution is -2.38. The molecule has 22 heavy (non-hydrogen) atoms. The van der Waals surface area contributed by atoms with Crippen LogP contribution in [-0.2, 0) is 9.53 Å². The Morgan fingerprint density at radius 3 is 2.82 bits per heavy atom. The van der Waals surface area contributed by atoms with Gasteiger partial charge in [-0.1, -0.05) is 38.3 Å². The number of ether oxygens (including phenoxy) is 1. The van der Waals surface area contributed by atoms with Gasteiger partial charge in [0.05, 0.1) is 5.69 Å². The molecule has 1 amide bonds. The van der Waals surface area contributed by atoms with Crippen LogP contribution in [0, 0.1) is 0 Å². The average Bonchev–Trinajstić information content (AvgIpc) is 3.03. The Morgan fingerprint density at radius 1 is 1.41 bits per heavy atom. The Kier molecular flexibility index (Phi) is 5.98. The predicted octanol–water partition coefficient (Wildman–Crippen LogP) is 2.79. The first-order chi connectivity index (χ1) is 10.6. The molecule has 0 radical (unpaired) electrons. The van der Waals surface area contributed by atoms with Gasteiger partial charge in [-0.05, 0) is 19.3 Å². The number of rotatable bonds is 6. The maximum atomic E-state index is 11.8. The van der Waals surface area contributed by atoms with Crippen LogP contribution in [0.3, 0.4) is 0 Å². The average molecular weight is 308 g/mol. The number of nitrogens with zero attached hydrogens (tertiary/aromatic N) is 1. The quantitative estimate of drug-likeness (QED) is 0.817. The Labute approximate surface area is 130 Å². The fraction of sp³-hybridized carbons (Fsp3) is 0.688. The molecule has 0 saturated heterocycles. The van der Waals surface area contributed by atoms with E-state index >= 15 is 0 Å². The van der Waals surface area contributed by atoms with E-state index < -0.39 is 5.97 Å². The van der Waals surface area contributed by atoms with Crippen LogP contribution >= 0.6 is 0 Å². The van der Waals surface area contributed by atoms with Crippen molar-refractivity contribution in [2.24, 2.45) is 0 Å². The molecule has 122 valence electrons. The van der Waals surface area contributed by atoms with Gasteiger partial charge in [-0.2, -0.15) is 0 Å². The zero-order valence-electron chi connectivity index (χ0n) is 13.3. The van der Waals surface area contributed by atoms with E-state index in [0.717, 1.165) is 37.8 Å². The molecule has 1 aliphatic carbocycles. The predicted molar refractivity (Wildman–Crippen MR) is 80.5 cm³/mol. The van der Waals surface area contributed by atoms with E-state index in [4.69, 9.17) is 9.26 Å². The fourth-order valence-electron chi connectivity index (χ4n) is 2.54. The SMILES string of the molecule is CC[C@H](C)c1cc(C(=O)OCC(=O)NC2CCCCC2)on1. The standard InChI is InChI=1S/C16H24N2O4/c1-3-11(2)13-9-14(22-18-13)16(20)21-10-15(19)17-12-7-5-4-6-8-12/h9,11-12H,3-8,10H2,1-2H3,(H,17,19)/t11-/m0/s1. The summed E-state index contributed by atoms with van der Waals surface area (Å²) in [5.74, 6) is -0.650. The summed E-state index contributed by atoms with van der Waals surface area (Å²) in [4.78, 5) is 23.6. The van der Waals surface area contributed by atoms with Crippen LogP contribution in [0.4, 0.5) is 0 Å². The van der Waals surface area contributed by atoms with Gasteiger partial charge in [0, 0.05) is 18.0 Å². The zero-order valence-corrected chi connectivity index (χ0v) is 13.3. The van der Waals surface area contributed by atoms with Crippen LogP contribution in [0.1, 0.15) is 74.5 Å². The second-order valence-corrected chi connectivity index (χ2v) is 5.90. The van der Waals surface area contributed by atoms with E-state index in [1.165, 1.54) is 6.42 Å². The molecule has 1 aromatic heterocycles. The minimum absolute atomic E-state index is 0.0424. The van der Waals surface area contributed by atoms with Crippen molar-refractivity contribution in [3.63, 3.8) is 0 Å². The molecule has 6 heteroatoms. The van der Waals surface area contributed by atoms with Crippen molar-refractivity contribution < 1.29 is 18.8 Å². The molecule has 1 fully saturated rings. The summed E-state index contributed by atoms with van der Waals surface area (Å²) in [5.41, 5.74) is 0.723. The number of carbonyl (C=O) groups excluding carboxylic acids is 2. The molecular formula is C16H24N2O4. The molecule has 1 saturated carbocycles. The first kappa shape index (κ1) is 16.5. The third-order valence-electron chi connectivity index (χ3n) is 4.15. The van der Waals surface area contributed by atoms with Gasteiger partial charge in [-0.15, -0.1) is 0 Å². The molecular weight excluding hydrogens is 284 g/mol. The molecule has 0 aliphatic heterocycles. The third kappa shape index (κ3) is 4.58. The van der Waals surface area contributed by atoms with E-state index in [-0.39, 0.29) is 30.2 Å². The normalized spacial score (nSPS) is 17.0. The summed E-state index contributed by atoms with van der Waals surface area (Å²) in [7, 11) is 0. The van der Waals surface area contributed by atoms with E-state index in [2.05, 4.69) is 10.5 Å². The van der Waals surface area contributed by atoms with Crippen LogP contribution < -0.4 is 5.32 Å². The first-order valence-corrected chi connectivity index (χ1v) is 8.03. The van der Waals surface area contributed by atoms with Crippen LogP contribution in [0.5, 0.6) is 0 Å². The van der Waals surface area contributed by atoms with Gasteiger partial charge in [0.15, 0.2) is 6.61 Å². The van der Waals surface area contributed by atoms with E-state index in [1.54, 1.807) is 6.07 Å². The number of hydrogen-bond acceptors (Lipinski definition) is 5. The molecule has 1 N–H and O–H groups in total. The lowest BCUT2D eigenvalue weighted by atomic mass is 9.95. The highest BCUT2D eigenvalue weighted by molar-refractivity contribution is 5.88. The molecule has 1 aromatic rings. The van der Waals surface area contributed by atoms with E-state index in [0.29, 0.717) is 0 Å². The van der Waals surface area contributed by atoms with Crippen molar-refractivity contribution in [2.75, 3.05) is 6.61 Å². The van der Waals surface area contributed by atoms with Gasteiger partial charge in [-0.25, -0.2) is 4.79 Å². The van der Waals surface area contributed by atoms with Crippen LogP contribution in [0.25, 0.3) is 0 Å². The van der Waals surface area contributed by atoms with Crippen molar-refractivity contribution in [1.29, 1.82) is 0 Å². The Hall–Kier alpha value is -1.85. The largest absolute Gasteiger partial charge is 0.450 e.